The van der Waals surface area contributed by atoms with Gasteiger partial charge >= 0.3 is 0 Å². The maximum atomic E-state index is 9.20. The zero-order chi connectivity index (χ0) is 11.7. The molecule has 1 aromatic rings. The summed E-state index contributed by atoms with van der Waals surface area (Å²) in [6.45, 7) is 6.12. The molecule has 0 N–H and O–H groups in total. The molecule has 4 heteroatoms. The van der Waals surface area contributed by atoms with Crippen LogP contribution in [0.3, 0.4) is 0 Å². The van der Waals surface area contributed by atoms with Crippen LogP contribution in [0.4, 0.5) is 0 Å². The molecule has 0 amide bonds. The van der Waals surface area contributed by atoms with Gasteiger partial charge in [-0.3, -0.25) is 0 Å². The molecule has 3 atom stereocenters. The quantitative estimate of drug-likeness (QED) is 0.727. The van der Waals surface area contributed by atoms with Gasteiger partial charge in [0, 0.05) is 0 Å². The first-order valence-electron chi connectivity index (χ1n) is 5.91. The first-order valence-corrected chi connectivity index (χ1v) is 5.91. The highest BCUT2D eigenvalue weighted by Crippen LogP contribution is 2.36. The first kappa shape index (κ1) is 11.1. The van der Waals surface area contributed by atoms with Gasteiger partial charge in [0.15, 0.2) is 0 Å². The third kappa shape index (κ3) is 1.95. The Morgan fingerprint density at radius 1 is 1.38 bits per heavy atom. The van der Waals surface area contributed by atoms with Crippen molar-refractivity contribution in [1.29, 1.82) is 5.26 Å². The molecule has 1 aliphatic carbocycles. The lowest BCUT2D eigenvalue weighted by molar-refractivity contribution is 0.215. The van der Waals surface area contributed by atoms with E-state index < -0.39 is 0 Å². The van der Waals surface area contributed by atoms with Gasteiger partial charge in [0.2, 0.25) is 0 Å². The minimum Gasteiger partial charge on any atom is -0.246 e. The third-order valence-electron chi connectivity index (χ3n) is 3.47. The van der Waals surface area contributed by atoms with Crippen molar-refractivity contribution in [2.45, 2.75) is 46.1 Å². The lowest BCUT2D eigenvalue weighted by atomic mass is 9.80. The molecule has 0 spiro atoms. The maximum Gasteiger partial charge on any atom is 0.147 e. The standard InChI is InChI=1S/C12H18N4/c1-8-4-5-11(7-13)12(6-8)16-10(3)14-9(2)15-16/h8,11-12H,4-6H2,1-3H3. The molecule has 0 aromatic carbocycles. The van der Waals surface area contributed by atoms with Crippen molar-refractivity contribution < 1.29 is 0 Å². The van der Waals surface area contributed by atoms with E-state index in [2.05, 4.69) is 23.1 Å². The smallest absolute Gasteiger partial charge is 0.147 e. The summed E-state index contributed by atoms with van der Waals surface area (Å²) in [5, 5.41) is 13.6. The van der Waals surface area contributed by atoms with Crippen LogP contribution in [0.5, 0.6) is 0 Å². The molecule has 1 heterocycles. The number of rotatable bonds is 1. The molecular weight excluding hydrogens is 200 g/mol. The van der Waals surface area contributed by atoms with Gasteiger partial charge in [0.1, 0.15) is 11.6 Å². The number of nitriles is 1. The lowest BCUT2D eigenvalue weighted by Crippen LogP contribution is -2.27. The van der Waals surface area contributed by atoms with Crippen LogP contribution < -0.4 is 0 Å². The summed E-state index contributed by atoms with van der Waals surface area (Å²) in [6, 6.07) is 2.64. The van der Waals surface area contributed by atoms with Gasteiger partial charge in [-0.25, -0.2) is 9.67 Å². The van der Waals surface area contributed by atoms with Crippen molar-refractivity contribution in [3.05, 3.63) is 11.6 Å². The Kier molecular flexibility index (Phi) is 2.95. The van der Waals surface area contributed by atoms with Gasteiger partial charge in [-0.05, 0) is 39.0 Å². The van der Waals surface area contributed by atoms with Crippen LogP contribution in [-0.2, 0) is 0 Å². The van der Waals surface area contributed by atoms with Gasteiger partial charge < -0.3 is 0 Å². The highest BCUT2D eigenvalue weighted by atomic mass is 15.4. The number of hydrogen-bond donors (Lipinski definition) is 0. The highest BCUT2D eigenvalue weighted by Gasteiger charge is 2.31. The van der Waals surface area contributed by atoms with Crippen molar-refractivity contribution in [1.82, 2.24) is 14.8 Å². The number of hydrogen-bond acceptors (Lipinski definition) is 3. The van der Waals surface area contributed by atoms with Crippen molar-refractivity contribution in [2.24, 2.45) is 11.8 Å². The second-order valence-electron chi connectivity index (χ2n) is 4.87. The van der Waals surface area contributed by atoms with Crippen molar-refractivity contribution in [2.75, 3.05) is 0 Å². The molecule has 0 radical (unpaired) electrons. The van der Waals surface area contributed by atoms with E-state index in [0.717, 1.165) is 30.9 Å². The molecule has 0 aliphatic heterocycles. The molecule has 86 valence electrons. The first-order chi connectivity index (χ1) is 7.61. The Hall–Kier alpha value is -1.37. The molecule has 16 heavy (non-hydrogen) atoms. The van der Waals surface area contributed by atoms with Gasteiger partial charge in [0.25, 0.3) is 0 Å². The van der Waals surface area contributed by atoms with Crippen molar-refractivity contribution in [3.8, 4) is 6.07 Å². The predicted octanol–water partition coefficient (Wildman–Crippen LogP) is 2.40. The van der Waals surface area contributed by atoms with E-state index in [1.165, 1.54) is 0 Å². The Morgan fingerprint density at radius 2 is 2.12 bits per heavy atom. The minimum absolute atomic E-state index is 0.0935. The summed E-state index contributed by atoms with van der Waals surface area (Å²) in [4.78, 5) is 4.32. The van der Waals surface area contributed by atoms with Crippen LogP contribution in [0.1, 0.15) is 43.9 Å². The second kappa shape index (κ2) is 4.25. The highest BCUT2D eigenvalue weighted by molar-refractivity contribution is 4.99. The summed E-state index contributed by atoms with van der Waals surface area (Å²) in [7, 11) is 0. The fourth-order valence-electron chi connectivity index (χ4n) is 2.62. The van der Waals surface area contributed by atoms with Crippen molar-refractivity contribution in [3.63, 3.8) is 0 Å². The van der Waals surface area contributed by atoms with Crippen molar-refractivity contribution >= 4 is 0 Å². The van der Waals surface area contributed by atoms with Gasteiger partial charge in [0.05, 0.1) is 18.0 Å². The van der Waals surface area contributed by atoms with Crippen LogP contribution >= 0.6 is 0 Å². The van der Waals surface area contributed by atoms with Crippen LogP contribution in [0, 0.1) is 37.0 Å². The third-order valence-corrected chi connectivity index (χ3v) is 3.47. The van der Waals surface area contributed by atoms with Gasteiger partial charge in [-0.15, -0.1) is 0 Å². The zero-order valence-electron chi connectivity index (χ0n) is 10.1. The van der Waals surface area contributed by atoms with E-state index in [1.54, 1.807) is 0 Å². The average molecular weight is 218 g/mol. The molecule has 1 aromatic heterocycles. The molecule has 0 bridgehead atoms. The largest absolute Gasteiger partial charge is 0.246 e. The van der Waals surface area contributed by atoms with Gasteiger partial charge in [-0.1, -0.05) is 6.92 Å². The Labute approximate surface area is 96.3 Å². The molecule has 1 fully saturated rings. The molecule has 1 saturated carbocycles. The summed E-state index contributed by atoms with van der Waals surface area (Å²) in [5.74, 6) is 2.50. The summed E-state index contributed by atoms with van der Waals surface area (Å²) in [5.41, 5.74) is 0. The van der Waals surface area contributed by atoms with E-state index in [-0.39, 0.29) is 12.0 Å². The zero-order valence-corrected chi connectivity index (χ0v) is 10.1. The Balaban J connectivity index is 2.30. The molecule has 3 unspecified atom stereocenters. The second-order valence-corrected chi connectivity index (χ2v) is 4.87. The molecular formula is C12H18N4. The van der Waals surface area contributed by atoms with E-state index in [9.17, 15) is 5.26 Å². The fraction of sp³-hybridized carbons (Fsp3) is 0.750. The molecule has 1 aliphatic rings. The number of aryl methyl sites for hydroxylation is 2. The normalized spacial score (nSPS) is 30.0. The van der Waals surface area contributed by atoms with E-state index >= 15 is 0 Å². The summed E-state index contributed by atoms with van der Waals surface area (Å²) < 4.78 is 1.96. The summed E-state index contributed by atoms with van der Waals surface area (Å²) >= 11 is 0. The summed E-state index contributed by atoms with van der Waals surface area (Å²) in [6.07, 6.45) is 3.18. The van der Waals surface area contributed by atoms with E-state index in [4.69, 9.17) is 0 Å². The van der Waals surface area contributed by atoms with Crippen LogP contribution in [-0.4, -0.2) is 14.8 Å². The Bertz CT molecular complexity index is 415. The van der Waals surface area contributed by atoms with Gasteiger partial charge in [-0.2, -0.15) is 10.4 Å². The predicted molar refractivity (Wildman–Crippen MR) is 60.7 cm³/mol. The topological polar surface area (TPSA) is 54.5 Å². The van der Waals surface area contributed by atoms with Crippen LogP contribution in [0.15, 0.2) is 0 Å². The molecule has 2 rings (SSSR count). The van der Waals surface area contributed by atoms with E-state index in [0.29, 0.717) is 5.92 Å². The van der Waals surface area contributed by atoms with E-state index in [1.807, 2.05) is 18.5 Å². The Morgan fingerprint density at radius 3 is 2.69 bits per heavy atom. The number of aromatic nitrogens is 3. The number of nitrogens with zero attached hydrogens (tertiary/aromatic N) is 4. The molecule has 0 saturated heterocycles. The lowest BCUT2D eigenvalue weighted by Gasteiger charge is -2.31. The maximum absolute atomic E-state index is 9.20. The monoisotopic (exact) mass is 218 g/mol. The molecule has 4 nitrogen and oxygen atoms in total. The van der Waals surface area contributed by atoms with Crippen LogP contribution in [0.25, 0.3) is 0 Å². The SMILES string of the molecule is Cc1nc(C)n(C2CC(C)CCC2C#N)n1. The van der Waals surface area contributed by atoms with Crippen LogP contribution in [0.2, 0.25) is 0 Å². The minimum atomic E-state index is 0.0935. The fourth-order valence-corrected chi connectivity index (χ4v) is 2.62. The average Bonchev–Trinajstić information content (AvgIpc) is 2.57.